The second kappa shape index (κ2) is 2.76. The molecule has 1 fully saturated rings. The van der Waals surface area contributed by atoms with Gasteiger partial charge in [-0.2, -0.15) is 0 Å². The molecule has 0 amide bonds. The molecule has 1 aliphatic heterocycles. The van der Waals surface area contributed by atoms with E-state index < -0.39 is 0 Å². The summed E-state index contributed by atoms with van der Waals surface area (Å²) in [5.74, 6) is 0.844. The zero-order valence-electron chi connectivity index (χ0n) is 7.79. The first-order valence-electron chi connectivity index (χ1n) is 5.29. The Kier molecular flexibility index (Phi) is 1.58. The van der Waals surface area contributed by atoms with Crippen LogP contribution in [0.4, 0.5) is 5.69 Å². The van der Waals surface area contributed by atoms with Gasteiger partial charge < -0.3 is 5.32 Å². The van der Waals surface area contributed by atoms with Crippen LogP contribution in [-0.2, 0) is 0 Å². The number of benzene rings is 1. The van der Waals surface area contributed by atoms with Crippen molar-refractivity contribution in [2.45, 2.75) is 37.6 Å². The van der Waals surface area contributed by atoms with Gasteiger partial charge in [0.15, 0.2) is 0 Å². The third kappa shape index (κ3) is 1.14. The molecule has 1 heteroatoms. The van der Waals surface area contributed by atoms with Gasteiger partial charge in [0.1, 0.15) is 0 Å². The highest BCUT2D eigenvalue weighted by molar-refractivity contribution is 5.56. The molecule has 2 aliphatic rings. The lowest BCUT2D eigenvalue weighted by Gasteiger charge is -2.37. The summed E-state index contributed by atoms with van der Waals surface area (Å²) in [7, 11) is 0. The summed E-state index contributed by atoms with van der Waals surface area (Å²) in [4.78, 5) is 0. The molecule has 0 spiro atoms. The number of hydrogen-bond acceptors (Lipinski definition) is 1. The molecule has 68 valence electrons. The first-order valence-corrected chi connectivity index (χ1v) is 5.29. The van der Waals surface area contributed by atoms with Crippen molar-refractivity contribution in [2.75, 3.05) is 5.32 Å². The maximum atomic E-state index is 3.63. The molecule has 2 bridgehead atoms. The van der Waals surface area contributed by atoms with Crippen molar-refractivity contribution in [3.63, 3.8) is 0 Å². The Morgan fingerprint density at radius 1 is 1.15 bits per heavy atom. The minimum atomic E-state index is 0.758. The van der Waals surface area contributed by atoms with Crippen LogP contribution >= 0.6 is 0 Å². The fourth-order valence-corrected chi connectivity index (χ4v) is 2.81. The average molecular weight is 173 g/mol. The van der Waals surface area contributed by atoms with Crippen molar-refractivity contribution in [1.82, 2.24) is 0 Å². The van der Waals surface area contributed by atoms with Crippen LogP contribution in [0.2, 0.25) is 0 Å². The van der Waals surface area contributed by atoms with Gasteiger partial charge in [0.25, 0.3) is 0 Å². The van der Waals surface area contributed by atoms with Gasteiger partial charge in [0.2, 0.25) is 0 Å². The Morgan fingerprint density at radius 2 is 2.08 bits per heavy atom. The second-order valence-corrected chi connectivity index (χ2v) is 4.29. The quantitative estimate of drug-likeness (QED) is 0.635. The molecule has 2 unspecified atom stereocenters. The van der Waals surface area contributed by atoms with E-state index in [0.29, 0.717) is 0 Å². The van der Waals surface area contributed by atoms with Gasteiger partial charge in [-0.15, -0.1) is 0 Å². The van der Waals surface area contributed by atoms with E-state index in [2.05, 4.69) is 29.6 Å². The number of rotatable bonds is 0. The summed E-state index contributed by atoms with van der Waals surface area (Å²) in [5, 5.41) is 3.63. The second-order valence-electron chi connectivity index (χ2n) is 4.29. The predicted molar refractivity (Wildman–Crippen MR) is 55.1 cm³/mol. The molecule has 1 nitrogen and oxygen atoms in total. The summed E-state index contributed by atoms with van der Waals surface area (Å²) < 4.78 is 0. The Labute approximate surface area is 79.2 Å². The van der Waals surface area contributed by atoms with Gasteiger partial charge in [0.05, 0.1) is 0 Å². The average Bonchev–Trinajstić information content (AvgIpc) is 2.18. The summed E-state index contributed by atoms with van der Waals surface area (Å²) >= 11 is 0. The Bertz CT molecular complexity index is 319. The Balaban J connectivity index is 2.06. The van der Waals surface area contributed by atoms with E-state index in [1.807, 2.05) is 0 Å². The zero-order chi connectivity index (χ0) is 8.67. The van der Waals surface area contributed by atoms with Crippen molar-refractivity contribution in [3.05, 3.63) is 29.8 Å². The van der Waals surface area contributed by atoms with E-state index in [4.69, 9.17) is 0 Å². The first kappa shape index (κ1) is 7.43. The zero-order valence-corrected chi connectivity index (χ0v) is 7.79. The molecule has 1 aliphatic carbocycles. The fraction of sp³-hybridized carbons (Fsp3) is 0.500. The van der Waals surface area contributed by atoms with E-state index in [1.165, 1.54) is 31.4 Å². The van der Waals surface area contributed by atoms with Crippen molar-refractivity contribution in [2.24, 2.45) is 0 Å². The van der Waals surface area contributed by atoms with Gasteiger partial charge in [-0.3, -0.25) is 0 Å². The van der Waals surface area contributed by atoms with Crippen molar-refractivity contribution >= 4 is 5.69 Å². The van der Waals surface area contributed by atoms with Crippen LogP contribution in [0.15, 0.2) is 24.3 Å². The van der Waals surface area contributed by atoms with Gasteiger partial charge in [-0.1, -0.05) is 24.6 Å². The van der Waals surface area contributed by atoms with Crippen LogP contribution in [-0.4, -0.2) is 6.04 Å². The minimum absolute atomic E-state index is 0.758. The van der Waals surface area contributed by atoms with Crippen LogP contribution in [0.3, 0.4) is 0 Å². The maximum Gasteiger partial charge on any atom is 0.0377 e. The SMILES string of the molecule is c1ccc2c(c1)NC1CCCC2C1. The van der Waals surface area contributed by atoms with Crippen molar-refractivity contribution in [3.8, 4) is 0 Å². The highest BCUT2D eigenvalue weighted by atomic mass is 14.9. The smallest absolute Gasteiger partial charge is 0.0377 e. The molecule has 0 saturated heterocycles. The van der Waals surface area contributed by atoms with Gasteiger partial charge in [-0.25, -0.2) is 0 Å². The highest BCUT2D eigenvalue weighted by Gasteiger charge is 2.29. The van der Waals surface area contributed by atoms with Crippen LogP contribution in [0, 0.1) is 0 Å². The van der Waals surface area contributed by atoms with Crippen LogP contribution in [0.5, 0.6) is 0 Å². The molecule has 13 heavy (non-hydrogen) atoms. The van der Waals surface area contributed by atoms with Gasteiger partial charge in [0, 0.05) is 11.7 Å². The molecule has 1 aromatic carbocycles. The molecule has 1 N–H and O–H groups in total. The normalized spacial score (nSPS) is 30.5. The number of para-hydroxylation sites is 1. The lowest BCUT2D eigenvalue weighted by molar-refractivity contribution is 0.397. The summed E-state index contributed by atoms with van der Waals surface area (Å²) in [6.45, 7) is 0. The molecule has 1 aromatic rings. The minimum Gasteiger partial charge on any atom is -0.382 e. The molecule has 3 rings (SSSR count). The molecular formula is C12H15N. The topological polar surface area (TPSA) is 12.0 Å². The number of nitrogens with one attached hydrogen (secondary N) is 1. The molecular weight excluding hydrogens is 158 g/mol. The lowest BCUT2D eigenvalue weighted by Crippen LogP contribution is -2.31. The Hall–Kier alpha value is -0.980. The van der Waals surface area contributed by atoms with Gasteiger partial charge >= 0.3 is 0 Å². The third-order valence-electron chi connectivity index (χ3n) is 3.43. The van der Waals surface area contributed by atoms with Crippen LogP contribution < -0.4 is 5.32 Å². The molecule has 2 atom stereocenters. The standard InChI is InChI=1S/C12H15N/c1-2-7-12-11(6-1)9-4-3-5-10(8-9)13-12/h1-2,6-7,9-10,13H,3-5,8H2. The monoisotopic (exact) mass is 173 g/mol. The number of fused-ring (bicyclic) bond motifs is 4. The lowest BCUT2D eigenvalue weighted by atomic mass is 9.78. The molecule has 0 aromatic heterocycles. The third-order valence-corrected chi connectivity index (χ3v) is 3.43. The van der Waals surface area contributed by atoms with E-state index in [-0.39, 0.29) is 0 Å². The number of hydrogen-bond donors (Lipinski definition) is 1. The van der Waals surface area contributed by atoms with Crippen molar-refractivity contribution in [1.29, 1.82) is 0 Å². The highest BCUT2D eigenvalue weighted by Crippen LogP contribution is 2.41. The Morgan fingerprint density at radius 3 is 3.08 bits per heavy atom. The van der Waals surface area contributed by atoms with Crippen LogP contribution in [0.25, 0.3) is 0 Å². The first-order chi connectivity index (χ1) is 6.43. The summed E-state index contributed by atoms with van der Waals surface area (Å²) in [6.07, 6.45) is 5.52. The summed E-state index contributed by atoms with van der Waals surface area (Å²) in [6, 6.07) is 9.56. The van der Waals surface area contributed by atoms with Crippen molar-refractivity contribution < 1.29 is 0 Å². The van der Waals surface area contributed by atoms with E-state index in [0.717, 1.165) is 12.0 Å². The fourth-order valence-electron chi connectivity index (χ4n) is 2.81. The van der Waals surface area contributed by atoms with Gasteiger partial charge in [-0.05, 0) is 36.8 Å². The maximum absolute atomic E-state index is 3.63. The molecule has 1 heterocycles. The molecule has 0 radical (unpaired) electrons. The summed E-state index contributed by atoms with van der Waals surface area (Å²) in [5.41, 5.74) is 2.95. The largest absolute Gasteiger partial charge is 0.382 e. The van der Waals surface area contributed by atoms with Crippen LogP contribution in [0.1, 0.15) is 37.2 Å². The van der Waals surface area contributed by atoms with E-state index >= 15 is 0 Å². The molecule has 1 saturated carbocycles. The van der Waals surface area contributed by atoms with E-state index in [1.54, 1.807) is 5.56 Å². The van der Waals surface area contributed by atoms with E-state index in [9.17, 15) is 0 Å². The number of anilines is 1. The predicted octanol–water partition coefficient (Wildman–Crippen LogP) is 3.14.